The summed E-state index contributed by atoms with van der Waals surface area (Å²) in [6, 6.07) is 13.8. The molecule has 0 saturated carbocycles. The van der Waals surface area contributed by atoms with Crippen molar-refractivity contribution in [2.24, 2.45) is 5.73 Å². The zero-order valence-corrected chi connectivity index (χ0v) is 12.2. The molecule has 3 nitrogen and oxygen atoms in total. The lowest BCUT2D eigenvalue weighted by molar-refractivity contribution is -0.117. The zero-order valence-electron chi connectivity index (χ0n) is 10.6. The summed E-state index contributed by atoms with van der Waals surface area (Å²) in [4.78, 5) is 12.0. The van der Waals surface area contributed by atoms with Crippen molar-refractivity contribution in [2.75, 3.05) is 5.32 Å². The topological polar surface area (TPSA) is 55.1 Å². The average molecular weight is 309 g/mol. The van der Waals surface area contributed by atoms with E-state index in [0.717, 1.165) is 5.56 Å². The van der Waals surface area contributed by atoms with Gasteiger partial charge in [0.05, 0.1) is 16.8 Å². The SMILES string of the molecule is N[C@@H](Cc1ccccc1)C(=O)Nc1cc(Cl)ccc1Cl. The Morgan fingerprint density at radius 1 is 1.15 bits per heavy atom. The summed E-state index contributed by atoms with van der Waals surface area (Å²) in [5.74, 6) is -0.294. The molecule has 0 aromatic heterocycles. The van der Waals surface area contributed by atoms with Gasteiger partial charge in [0.2, 0.25) is 5.91 Å². The van der Waals surface area contributed by atoms with Crippen LogP contribution >= 0.6 is 23.2 Å². The van der Waals surface area contributed by atoms with Gasteiger partial charge in [0.25, 0.3) is 0 Å². The van der Waals surface area contributed by atoms with Crippen molar-refractivity contribution in [3.05, 3.63) is 64.1 Å². The number of nitrogens with one attached hydrogen (secondary N) is 1. The van der Waals surface area contributed by atoms with E-state index in [-0.39, 0.29) is 5.91 Å². The number of hydrogen-bond acceptors (Lipinski definition) is 2. The van der Waals surface area contributed by atoms with Crippen LogP contribution in [0.1, 0.15) is 5.56 Å². The third kappa shape index (κ3) is 3.97. The molecule has 5 heteroatoms. The molecule has 2 aromatic rings. The molecule has 0 spiro atoms. The highest BCUT2D eigenvalue weighted by atomic mass is 35.5. The van der Waals surface area contributed by atoms with Crippen LogP contribution in [-0.2, 0) is 11.2 Å². The Balaban J connectivity index is 2.02. The van der Waals surface area contributed by atoms with Gasteiger partial charge in [-0.3, -0.25) is 4.79 Å². The number of halogens is 2. The fourth-order valence-electron chi connectivity index (χ4n) is 1.78. The lowest BCUT2D eigenvalue weighted by Crippen LogP contribution is -2.37. The summed E-state index contributed by atoms with van der Waals surface area (Å²) in [5, 5.41) is 3.62. The van der Waals surface area contributed by atoms with Gasteiger partial charge in [-0.25, -0.2) is 0 Å². The number of rotatable bonds is 4. The molecule has 0 aliphatic heterocycles. The van der Waals surface area contributed by atoms with E-state index in [1.54, 1.807) is 18.2 Å². The van der Waals surface area contributed by atoms with Gasteiger partial charge in [-0.1, -0.05) is 53.5 Å². The molecule has 0 saturated heterocycles. The Labute approximate surface area is 127 Å². The van der Waals surface area contributed by atoms with E-state index in [9.17, 15) is 4.79 Å². The van der Waals surface area contributed by atoms with Crippen molar-refractivity contribution >= 4 is 34.8 Å². The number of amides is 1. The van der Waals surface area contributed by atoms with E-state index in [4.69, 9.17) is 28.9 Å². The van der Waals surface area contributed by atoms with Crippen LogP contribution in [0.4, 0.5) is 5.69 Å². The molecule has 20 heavy (non-hydrogen) atoms. The number of hydrogen-bond donors (Lipinski definition) is 2. The predicted octanol–water partition coefficient (Wildman–Crippen LogP) is 3.50. The quantitative estimate of drug-likeness (QED) is 0.908. The van der Waals surface area contributed by atoms with E-state index in [0.29, 0.717) is 22.2 Å². The van der Waals surface area contributed by atoms with Gasteiger partial charge < -0.3 is 11.1 Å². The second-order valence-electron chi connectivity index (χ2n) is 4.41. The maximum absolute atomic E-state index is 12.0. The van der Waals surface area contributed by atoms with Crippen molar-refractivity contribution < 1.29 is 4.79 Å². The summed E-state index contributed by atoms with van der Waals surface area (Å²) in [6.45, 7) is 0. The lowest BCUT2D eigenvalue weighted by atomic mass is 10.1. The maximum atomic E-state index is 12.0. The molecule has 0 unspecified atom stereocenters. The van der Waals surface area contributed by atoms with Crippen LogP contribution in [0.2, 0.25) is 10.0 Å². The van der Waals surface area contributed by atoms with Crippen molar-refractivity contribution in [3.63, 3.8) is 0 Å². The van der Waals surface area contributed by atoms with E-state index in [1.165, 1.54) is 0 Å². The van der Waals surface area contributed by atoms with Gasteiger partial charge in [-0.15, -0.1) is 0 Å². The van der Waals surface area contributed by atoms with Gasteiger partial charge in [-0.05, 0) is 30.2 Å². The van der Waals surface area contributed by atoms with E-state index in [1.807, 2.05) is 30.3 Å². The Bertz CT molecular complexity index is 602. The molecule has 3 N–H and O–H groups in total. The third-order valence-corrected chi connectivity index (χ3v) is 3.39. The van der Waals surface area contributed by atoms with Crippen LogP contribution in [0.15, 0.2) is 48.5 Å². The first kappa shape index (κ1) is 14.9. The zero-order chi connectivity index (χ0) is 14.5. The summed E-state index contributed by atoms with van der Waals surface area (Å²) >= 11 is 11.9. The van der Waals surface area contributed by atoms with Crippen LogP contribution < -0.4 is 11.1 Å². The Morgan fingerprint density at radius 2 is 1.85 bits per heavy atom. The van der Waals surface area contributed by atoms with Gasteiger partial charge in [0, 0.05) is 5.02 Å². The molecule has 1 atom stereocenters. The monoisotopic (exact) mass is 308 g/mol. The fraction of sp³-hybridized carbons (Fsp3) is 0.133. The first-order valence-corrected chi connectivity index (χ1v) is 6.87. The number of anilines is 1. The second kappa shape index (κ2) is 6.75. The maximum Gasteiger partial charge on any atom is 0.241 e. The predicted molar refractivity (Wildman–Crippen MR) is 83.2 cm³/mol. The van der Waals surface area contributed by atoms with E-state index >= 15 is 0 Å². The average Bonchev–Trinajstić information content (AvgIpc) is 2.44. The molecule has 0 fully saturated rings. The van der Waals surface area contributed by atoms with Gasteiger partial charge in [0.1, 0.15) is 0 Å². The van der Waals surface area contributed by atoms with Crippen LogP contribution in [0, 0.1) is 0 Å². The first-order valence-electron chi connectivity index (χ1n) is 6.11. The van der Waals surface area contributed by atoms with Crippen LogP contribution in [-0.4, -0.2) is 11.9 Å². The number of benzene rings is 2. The molecule has 2 rings (SSSR count). The van der Waals surface area contributed by atoms with Gasteiger partial charge >= 0.3 is 0 Å². The normalized spacial score (nSPS) is 11.9. The minimum absolute atomic E-state index is 0.294. The van der Waals surface area contributed by atoms with Gasteiger partial charge in [0.15, 0.2) is 0 Å². The highest BCUT2D eigenvalue weighted by Gasteiger charge is 2.15. The van der Waals surface area contributed by atoms with Crippen LogP contribution in [0.25, 0.3) is 0 Å². The molecule has 0 aliphatic carbocycles. The molecule has 0 heterocycles. The minimum Gasteiger partial charge on any atom is -0.323 e. The van der Waals surface area contributed by atoms with E-state index < -0.39 is 6.04 Å². The Hall–Kier alpha value is -1.55. The highest BCUT2D eigenvalue weighted by molar-refractivity contribution is 6.35. The Kier molecular flexibility index (Phi) is 5.01. The largest absolute Gasteiger partial charge is 0.323 e. The standard InChI is InChI=1S/C15H14Cl2N2O/c16-11-6-7-12(17)14(9-11)19-15(20)13(18)8-10-4-2-1-3-5-10/h1-7,9,13H,8,18H2,(H,19,20)/t13-/m0/s1. The van der Waals surface area contributed by atoms with Crippen LogP contribution in [0.3, 0.4) is 0 Å². The molecule has 104 valence electrons. The van der Waals surface area contributed by atoms with Crippen LogP contribution in [0.5, 0.6) is 0 Å². The first-order chi connectivity index (χ1) is 9.56. The Morgan fingerprint density at radius 3 is 2.55 bits per heavy atom. The van der Waals surface area contributed by atoms with Crippen molar-refractivity contribution in [1.82, 2.24) is 0 Å². The summed E-state index contributed by atoms with van der Waals surface area (Å²) in [5.41, 5.74) is 7.37. The number of nitrogens with two attached hydrogens (primary N) is 1. The molecule has 0 bridgehead atoms. The number of carbonyl (C=O) groups is 1. The highest BCUT2D eigenvalue weighted by Crippen LogP contribution is 2.25. The summed E-state index contributed by atoms with van der Waals surface area (Å²) in [6.07, 6.45) is 0.463. The molecular weight excluding hydrogens is 295 g/mol. The smallest absolute Gasteiger partial charge is 0.241 e. The van der Waals surface area contributed by atoms with Gasteiger partial charge in [-0.2, -0.15) is 0 Å². The van der Waals surface area contributed by atoms with Crippen molar-refractivity contribution in [2.45, 2.75) is 12.5 Å². The molecular formula is C15H14Cl2N2O. The fourth-order valence-corrected chi connectivity index (χ4v) is 2.12. The van der Waals surface area contributed by atoms with Crippen molar-refractivity contribution in [3.8, 4) is 0 Å². The molecule has 0 radical (unpaired) electrons. The third-order valence-electron chi connectivity index (χ3n) is 2.82. The second-order valence-corrected chi connectivity index (χ2v) is 5.25. The lowest BCUT2D eigenvalue weighted by Gasteiger charge is -2.13. The molecule has 1 amide bonds. The molecule has 2 aromatic carbocycles. The van der Waals surface area contributed by atoms with E-state index in [2.05, 4.69) is 5.32 Å². The van der Waals surface area contributed by atoms with Crippen molar-refractivity contribution in [1.29, 1.82) is 0 Å². The summed E-state index contributed by atoms with van der Waals surface area (Å²) < 4.78 is 0. The minimum atomic E-state index is -0.646. The molecule has 0 aliphatic rings. The number of carbonyl (C=O) groups excluding carboxylic acids is 1. The summed E-state index contributed by atoms with van der Waals surface area (Å²) in [7, 11) is 0.